The Bertz CT molecular complexity index is 1280. The van der Waals surface area contributed by atoms with Gasteiger partial charge >= 0.3 is 268 Å². The van der Waals surface area contributed by atoms with E-state index in [4.69, 9.17) is 0 Å². The predicted octanol–water partition coefficient (Wildman–Crippen LogP) is 7.94. The first-order valence-corrected chi connectivity index (χ1v) is 23.3. The zero-order valence-electron chi connectivity index (χ0n) is 25.8. The van der Waals surface area contributed by atoms with Gasteiger partial charge in [-0.1, -0.05) is 0 Å². The van der Waals surface area contributed by atoms with Crippen LogP contribution in [0.4, 0.5) is 26.3 Å². The molecule has 0 spiro atoms. The van der Waals surface area contributed by atoms with E-state index in [0.29, 0.717) is 2.42 Å². The molecule has 0 atom stereocenters. The molecule has 0 bridgehead atoms. The standard InChI is InChI=1S/2C10H13.C9H5F6O.C5H11Te.Sb/c2*1-10(2,3)9-7-5-4-6-8-9;10-8(11,12)7(16,9(13,14)15)6-4-2-1-3-5-6;1-3-4-5-6-2;/h2*5-8H,1-3H3;1-4,16H;2-5H2,1H3;. The Hall–Kier alpha value is -1.19. The van der Waals surface area contributed by atoms with Crippen molar-refractivity contribution in [2.24, 2.45) is 0 Å². The fourth-order valence-electron chi connectivity index (χ4n) is 5.10. The number of aliphatic hydroxyl groups is 1. The number of alkyl halides is 6. The minimum absolute atomic E-state index is 0.0202. The van der Waals surface area contributed by atoms with Gasteiger partial charge in [0.2, 0.25) is 0 Å². The molecule has 0 unspecified atom stereocenters. The van der Waals surface area contributed by atoms with E-state index in [1.54, 1.807) is 0 Å². The van der Waals surface area contributed by atoms with E-state index < -0.39 is 63.2 Å². The van der Waals surface area contributed by atoms with Crippen molar-refractivity contribution >= 4 is 50.3 Å². The van der Waals surface area contributed by atoms with Crippen molar-refractivity contribution in [2.45, 2.75) is 97.0 Å². The molecule has 3 aromatic rings. The van der Waals surface area contributed by atoms with Crippen molar-refractivity contribution in [1.29, 1.82) is 0 Å². The number of rotatable bonds is 9. The topological polar surface area (TPSA) is 20.2 Å². The summed E-state index contributed by atoms with van der Waals surface area (Å²) in [6.07, 6.45) is -10.0. The van der Waals surface area contributed by atoms with E-state index in [-0.39, 0.29) is 14.3 Å². The van der Waals surface area contributed by atoms with Crippen LogP contribution in [0.3, 0.4) is 0 Å². The van der Waals surface area contributed by atoms with Crippen LogP contribution < -0.4 is 10.5 Å². The molecule has 237 valence electrons. The minimum atomic E-state index is -5.97. The summed E-state index contributed by atoms with van der Waals surface area (Å²) in [5.74, 6) is 0. The van der Waals surface area contributed by atoms with Crippen molar-refractivity contribution in [1.82, 2.24) is 0 Å². The van der Waals surface area contributed by atoms with E-state index in [0.717, 1.165) is 47.6 Å². The predicted molar refractivity (Wildman–Crippen MR) is 168 cm³/mol. The summed E-state index contributed by atoms with van der Waals surface area (Å²) in [6, 6.07) is 20.4. The zero-order valence-corrected chi connectivity index (χ0v) is 30.7. The van der Waals surface area contributed by atoms with Crippen LogP contribution in [0.25, 0.3) is 0 Å². The fraction of sp³-hybridized carbons (Fsp3) is 0.471. The normalized spacial score (nSPS) is 13.8. The molecule has 0 aromatic heterocycles. The molecular weight excluding hydrogens is 788 g/mol. The third kappa shape index (κ3) is 7.45. The second-order valence-corrected chi connectivity index (χ2v) is 30.0. The Morgan fingerprint density at radius 1 is 0.651 bits per heavy atom. The Balaban J connectivity index is 2.51. The van der Waals surface area contributed by atoms with Gasteiger partial charge in [-0.2, -0.15) is 0 Å². The van der Waals surface area contributed by atoms with Gasteiger partial charge in [0.25, 0.3) is 0 Å². The molecule has 0 aliphatic rings. The summed E-state index contributed by atoms with van der Waals surface area (Å²) in [5, 5.41) is 10.8. The first-order chi connectivity index (χ1) is 19.7. The van der Waals surface area contributed by atoms with E-state index in [1.807, 2.05) is 48.5 Å². The van der Waals surface area contributed by atoms with Crippen LogP contribution >= 0.6 is 0 Å². The van der Waals surface area contributed by atoms with Crippen LogP contribution in [-0.2, 0) is 16.4 Å². The maximum atomic E-state index is 14.4. The molecule has 0 heterocycles. The van der Waals surface area contributed by atoms with Crippen molar-refractivity contribution in [3.05, 3.63) is 89.5 Å². The number of hydrogen-bond acceptors (Lipinski definition) is 1. The van der Waals surface area contributed by atoms with Crippen molar-refractivity contribution in [3.8, 4) is 0 Å². The molecule has 1 N–H and O–H groups in total. The molecule has 0 amide bonds. The molecule has 9 heteroatoms. The molecule has 0 aliphatic heterocycles. The number of halogens is 6. The van der Waals surface area contributed by atoms with Crippen LogP contribution in [0, 0.1) is 0 Å². The third-order valence-electron chi connectivity index (χ3n) is 7.80. The Labute approximate surface area is 266 Å². The molecule has 3 aromatic carbocycles. The Morgan fingerprint density at radius 3 is 1.44 bits per heavy atom. The average Bonchev–Trinajstić information content (AvgIpc) is 2.91. The van der Waals surface area contributed by atoms with Crippen LogP contribution in [0.2, 0.25) is 6.88 Å². The molecule has 0 saturated carbocycles. The van der Waals surface area contributed by atoms with Gasteiger partial charge in [0.15, 0.2) is 0 Å². The molecule has 1 nitrogen and oxygen atoms in total. The van der Waals surface area contributed by atoms with Crippen molar-refractivity contribution in [2.75, 3.05) is 0 Å². The van der Waals surface area contributed by atoms with Gasteiger partial charge in [0.1, 0.15) is 0 Å². The van der Waals surface area contributed by atoms with E-state index >= 15 is 0 Å². The summed E-state index contributed by atoms with van der Waals surface area (Å²) in [6.45, 7) is 14.4. The van der Waals surface area contributed by atoms with Gasteiger partial charge in [0, 0.05) is 0 Å². The molecule has 0 saturated heterocycles. The van der Waals surface area contributed by atoms with Crippen LogP contribution in [0.15, 0.2) is 72.8 Å². The van der Waals surface area contributed by atoms with Gasteiger partial charge in [0.05, 0.1) is 0 Å². The van der Waals surface area contributed by atoms with Gasteiger partial charge in [-0.15, -0.1) is 0 Å². The monoisotopic (exact) mass is 831 g/mol. The third-order valence-corrected chi connectivity index (χ3v) is 32.2. The first-order valence-electron chi connectivity index (χ1n) is 14.3. The fourth-order valence-corrected chi connectivity index (χ4v) is 34.0. The van der Waals surface area contributed by atoms with E-state index in [2.05, 4.69) is 48.5 Å². The van der Waals surface area contributed by atoms with E-state index in [1.165, 1.54) is 12.1 Å². The van der Waals surface area contributed by atoms with Crippen molar-refractivity contribution < 1.29 is 31.4 Å². The van der Waals surface area contributed by atoms with Crippen LogP contribution in [-0.4, -0.2) is 57.2 Å². The Kier molecular flexibility index (Phi) is 11.2. The second-order valence-electron chi connectivity index (χ2n) is 13.0. The van der Waals surface area contributed by atoms with E-state index in [9.17, 15) is 31.4 Å². The number of benzene rings is 3. The van der Waals surface area contributed by atoms with Crippen LogP contribution in [0.5, 0.6) is 0 Å². The van der Waals surface area contributed by atoms with Gasteiger partial charge in [-0.05, 0) is 0 Å². The summed E-state index contributed by atoms with van der Waals surface area (Å²) in [4.78, 5) is 0. The number of unbranched alkanes of at least 4 members (excludes halogenated alkanes) is 1. The Morgan fingerprint density at radius 2 is 1.07 bits per heavy atom. The summed E-state index contributed by atoms with van der Waals surface area (Å²) >= 11 is -5.31. The quantitative estimate of drug-likeness (QED) is 0.132. The average molecular weight is 830 g/mol. The zero-order chi connectivity index (χ0) is 32.5. The summed E-state index contributed by atoms with van der Waals surface area (Å²) < 4.78 is 89.8. The van der Waals surface area contributed by atoms with Gasteiger partial charge < -0.3 is 0 Å². The first kappa shape index (κ1) is 36.3. The second kappa shape index (κ2) is 13.3. The molecule has 0 fully saturated rings. The summed E-state index contributed by atoms with van der Waals surface area (Å²) in [7, 11) is 0. The maximum absolute atomic E-state index is 14.4. The molecular formula is C34H42F6OSbTe. The molecule has 43 heavy (non-hydrogen) atoms. The molecule has 1 radical (unpaired) electrons. The molecule has 0 aliphatic carbocycles. The summed E-state index contributed by atoms with van der Waals surface area (Å²) in [5.41, 5.74) is -4.43. The number of hydrogen-bond donors (Lipinski definition) is 1. The molecule has 3 rings (SSSR count). The SMILES string of the molecule is CCCC[Te][CH2][Sb]([c]1ccc(C(C)(C)C)cc1)([c]1ccc(C(C)(C)C)cc1)[c]1ccccc1C(O)(C(F)(F)F)C(F)(F)F. The van der Waals surface area contributed by atoms with Gasteiger partial charge in [-0.3, -0.25) is 0 Å². The van der Waals surface area contributed by atoms with Crippen LogP contribution in [0.1, 0.15) is 78.0 Å². The van der Waals surface area contributed by atoms with Crippen molar-refractivity contribution in [3.63, 3.8) is 0 Å². The van der Waals surface area contributed by atoms with Gasteiger partial charge in [-0.25, -0.2) is 0 Å².